The van der Waals surface area contributed by atoms with Crippen LogP contribution in [0.3, 0.4) is 0 Å². The van der Waals surface area contributed by atoms with E-state index in [2.05, 4.69) is 15.2 Å². The van der Waals surface area contributed by atoms with Crippen molar-refractivity contribution in [1.29, 1.82) is 0 Å². The number of ether oxygens (including phenoxy) is 1. The molecule has 2 fully saturated rings. The van der Waals surface area contributed by atoms with Gasteiger partial charge >= 0.3 is 0 Å². The van der Waals surface area contributed by atoms with Gasteiger partial charge in [0.1, 0.15) is 5.69 Å². The standard InChI is InChI=1S/C18H26N4O3/c23-17(20-6-9-21-10-12-25-13-11-21)16-14-15(4-5-19-16)18(24)22-7-2-1-3-8-22/h4-5,14H,1-3,6-13H2,(H,20,23). The number of likely N-dealkylation sites (tertiary alicyclic amines) is 1. The van der Waals surface area contributed by atoms with Crippen molar-refractivity contribution in [3.8, 4) is 0 Å². The first kappa shape index (κ1) is 17.8. The number of carbonyl (C=O) groups excluding carboxylic acids is 2. The van der Waals surface area contributed by atoms with Gasteiger partial charge in [-0.15, -0.1) is 0 Å². The summed E-state index contributed by atoms with van der Waals surface area (Å²) < 4.78 is 5.31. The van der Waals surface area contributed by atoms with Crippen LogP contribution in [0.4, 0.5) is 0 Å². The molecule has 136 valence electrons. The minimum absolute atomic E-state index is 0.00975. The summed E-state index contributed by atoms with van der Waals surface area (Å²) in [7, 11) is 0. The van der Waals surface area contributed by atoms with Crippen LogP contribution in [-0.4, -0.2) is 79.1 Å². The third-order valence-electron chi connectivity index (χ3n) is 4.70. The Morgan fingerprint density at radius 2 is 1.88 bits per heavy atom. The van der Waals surface area contributed by atoms with Crippen molar-refractivity contribution in [1.82, 2.24) is 20.1 Å². The lowest BCUT2D eigenvalue weighted by molar-refractivity contribution is 0.0383. The topological polar surface area (TPSA) is 74.8 Å². The number of aromatic nitrogens is 1. The number of amides is 2. The monoisotopic (exact) mass is 346 g/mol. The minimum Gasteiger partial charge on any atom is -0.379 e. The summed E-state index contributed by atoms with van der Waals surface area (Å²) in [6.45, 7) is 6.23. The molecule has 2 aliphatic heterocycles. The van der Waals surface area contributed by atoms with Gasteiger partial charge in [0.25, 0.3) is 11.8 Å². The molecule has 2 saturated heterocycles. The summed E-state index contributed by atoms with van der Waals surface area (Å²) in [5, 5.41) is 2.88. The molecule has 0 unspecified atom stereocenters. The predicted molar refractivity (Wildman–Crippen MR) is 93.6 cm³/mol. The second kappa shape index (κ2) is 8.92. The molecule has 7 nitrogen and oxygen atoms in total. The average molecular weight is 346 g/mol. The lowest BCUT2D eigenvalue weighted by Gasteiger charge is -2.27. The second-order valence-electron chi connectivity index (χ2n) is 6.49. The third kappa shape index (κ3) is 4.99. The predicted octanol–water partition coefficient (Wildman–Crippen LogP) is 0.770. The molecule has 1 aromatic rings. The van der Waals surface area contributed by atoms with Crippen LogP contribution in [0, 0.1) is 0 Å². The van der Waals surface area contributed by atoms with Crippen LogP contribution in [0.5, 0.6) is 0 Å². The molecular formula is C18H26N4O3. The lowest BCUT2D eigenvalue weighted by atomic mass is 10.1. The molecule has 2 aliphatic rings. The van der Waals surface area contributed by atoms with Crippen molar-refractivity contribution in [2.75, 3.05) is 52.5 Å². The van der Waals surface area contributed by atoms with Gasteiger partial charge < -0.3 is 15.0 Å². The van der Waals surface area contributed by atoms with Crippen molar-refractivity contribution in [2.24, 2.45) is 0 Å². The third-order valence-corrected chi connectivity index (χ3v) is 4.70. The molecule has 0 saturated carbocycles. The van der Waals surface area contributed by atoms with Crippen LogP contribution in [0.2, 0.25) is 0 Å². The van der Waals surface area contributed by atoms with Crippen LogP contribution in [-0.2, 0) is 4.74 Å². The molecule has 1 aromatic heterocycles. The van der Waals surface area contributed by atoms with Gasteiger partial charge in [-0.3, -0.25) is 19.5 Å². The number of morpholine rings is 1. The fourth-order valence-electron chi connectivity index (χ4n) is 3.21. The van der Waals surface area contributed by atoms with Gasteiger partial charge in [0.15, 0.2) is 0 Å². The van der Waals surface area contributed by atoms with Crippen molar-refractivity contribution < 1.29 is 14.3 Å². The van der Waals surface area contributed by atoms with Crippen LogP contribution in [0.1, 0.15) is 40.1 Å². The number of pyridine rings is 1. The Labute approximate surface area is 148 Å². The molecule has 3 heterocycles. The average Bonchev–Trinajstić information content (AvgIpc) is 2.69. The zero-order valence-corrected chi connectivity index (χ0v) is 14.6. The van der Waals surface area contributed by atoms with Crippen LogP contribution >= 0.6 is 0 Å². The Hall–Kier alpha value is -1.99. The normalized spacial score (nSPS) is 18.8. The highest BCUT2D eigenvalue weighted by molar-refractivity contribution is 5.98. The molecule has 25 heavy (non-hydrogen) atoms. The van der Waals surface area contributed by atoms with Gasteiger partial charge in [-0.05, 0) is 31.4 Å². The first-order valence-corrected chi connectivity index (χ1v) is 9.08. The molecule has 2 amide bonds. The number of nitrogens with one attached hydrogen (secondary N) is 1. The second-order valence-corrected chi connectivity index (χ2v) is 6.49. The Bertz CT molecular complexity index is 596. The number of rotatable bonds is 5. The maximum absolute atomic E-state index is 12.5. The first-order valence-electron chi connectivity index (χ1n) is 9.08. The summed E-state index contributed by atoms with van der Waals surface area (Å²) in [4.78, 5) is 33.1. The summed E-state index contributed by atoms with van der Waals surface area (Å²) in [5.41, 5.74) is 0.833. The fourth-order valence-corrected chi connectivity index (χ4v) is 3.21. The van der Waals surface area contributed by atoms with E-state index in [9.17, 15) is 9.59 Å². The number of hydrogen-bond acceptors (Lipinski definition) is 5. The number of nitrogens with zero attached hydrogens (tertiary/aromatic N) is 3. The molecule has 0 bridgehead atoms. The smallest absolute Gasteiger partial charge is 0.269 e. The summed E-state index contributed by atoms with van der Waals surface area (Å²) in [6, 6.07) is 3.28. The molecule has 0 aromatic carbocycles. The largest absolute Gasteiger partial charge is 0.379 e. The molecule has 0 spiro atoms. The van der Waals surface area contributed by atoms with E-state index in [0.717, 1.165) is 58.8 Å². The summed E-state index contributed by atoms with van der Waals surface area (Å²) >= 11 is 0. The van der Waals surface area contributed by atoms with Gasteiger partial charge in [-0.25, -0.2) is 0 Å². The van der Waals surface area contributed by atoms with E-state index in [4.69, 9.17) is 4.74 Å². The van der Waals surface area contributed by atoms with Crippen molar-refractivity contribution in [3.05, 3.63) is 29.6 Å². The number of hydrogen-bond donors (Lipinski definition) is 1. The van der Waals surface area contributed by atoms with E-state index >= 15 is 0 Å². The van der Waals surface area contributed by atoms with Gasteiger partial charge in [-0.2, -0.15) is 0 Å². The van der Waals surface area contributed by atoms with Crippen molar-refractivity contribution in [2.45, 2.75) is 19.3 Å². The first-order chi connectivity index (χ1) is 12.2. The van der Waals surface area contributed by atoms with Crippen molar-refractivity contribution in [3.63, 3.8) is 0 Å². The van der Waals surface area contributed by atoms with Crippen molar-refractivity contribution >= 4 is 11.8 Å². The van der Waals surface area contributed by atoms with Crippen LogP contribution in [0.25, 0.3) is 0 Å². The van der Waals surface area contributed by atoms with Gasteiger partial charge in [0.2, 0.25) is 0 Å². The Balaban J connectivity index is 1.52. The van der Waals surface area contributed by atoms with Crippen LogP contribution in [0.15, 0.2) is 18.3 Å². The van der Waals surface area contributed by atoms with Gasteiger partial charge in [0, 0.05) is 51.0 Å². The van der Waals surface area contributed by atoms with E-state index in [0.29, 0.717) is 17.8 Å². The molecule has 7 heteroatoms. The maximum Gasteiger partial charge on any atom is 0.269 e. The van der Waals surface area contributed by atoms with Gasteiger partial charge in [0.05, 0.1) is 13.2 Å². The van der Waals surface area contributed by atoms with E-state index in [1.807, 2.05) is 4.90 Å². The Morgan fingerprint density at radius 1 is 1.12 bits per heavy atom. The Kier molecular flexibility index (Phi) is 6.36. The number of piperidine rings is 1. The summed E-state index contributed by atoms with van der Waals surface area (Å²) in [5.74, 6) is -0.244. The van der Waals surface area contributed by atoms with E-state index in [1.165, 1.54) is 12.6 Å². The zero-order chi connectivity index (χ0) is 17.5. The molecule has 3 rings (SSSR count). The lowest BCUT2D eigenvalue weighted by Crippen LogP contribution is -2.41. The molecule has 0 atom stereocenters. The van der Waals surface area contributed by atoms with E-state index < -0.39 is 0 Å². The molecular weight excluding hydrogens is 320 g/mol. The van der Waals surface area contributed by atoms with Crippen LogP contribution < -0.4 is 5.32 Å². The van der Waals surface area contributed by atoms with E-state index in [1.54, 1.807) is 12.1 Å². The Morgan fingerprint density at radius 3 is 2.64 bits per heavy atom. The highest BCUT2D eigenvalue weighted by Crippen LogP contribution is 2.13. The fraction of sp³-hybridized carbons (Fsp3) is 0.611. The molecule has 0 radical (unpaired) electrons. The van der Waals surface area contributed by atoms with Gasteiger partial charge in [-0.1, -0.05) is 0 Å². The minimum atomic E-state index is -0.235. The zero-order valence-electron chi connectivity index (χ0n) is 14.6. The quantitative estimate of drug-likeness (QED) is 0.852. The highest BCUT2D eigenvalue weighted by atomic mass is 16.5. The molecule has 0 aliphatic carbocycles. The maximum atomic E-state index is 12.5. The SMILES string of the molecule is O=C(NCCN1CCOCC1)c1cc(C(=O)N2CCCCC2)ccn1. The summed E-state index contributed by atoms with van der Waals surface area (Å²) in [6.07, 6.45) is 4.81. The highest BCUT2D eigenvalue weighted by Gasteiger charge is 2.19. The molecule has 1 N–H and O–H groups in total. The number of carbonyl (C=O) groups is 2. The van der Waals surface area contributed by atoms with E-state index in [-0.39, 0.29) is 11.8 Å².